The van der Waals surface area contributed by atoms with Crippen molar-refractivity contribution in [3.63, 3.8) is 0 Å². The topological polar surface area (TPSA) is 73.2 Å². The molecule has 1 heterocycles. The van der Waals surface area contributed by atoms with Crippen LogP contribution in [0.3, 0.4) is 0 Å². The van der Waals surface area contributed by atoms with Gasteiger partial charge < -0.3 is 10.1 Å². The van der Waals surface area contributed by atoms with Gasteiger partial charge in [0.1, 0.15) is 5.54 Å². The lowest BCUT2D eigenvalue weighted by atomic mass is 9.77. The van der Waals surface area contributed by atoms with E-state index in [2.05, 4.69) is 17.3 Å². The summed E-state index contributed by atoms with van der Waals surface area (Å²) in [5, 5.41) is 6.91. The zero-order valence-electron chi connectivity index (χ0n) is 17.0. The molecule has 1 fully saturated rings. The van der Waals surface area contributed by atoms with Crippen LogP contribution in [0.4, 0.5) is 13.2 Å². The standard InChI is InChI=1S/C21H24F3N3O3/c1-13-7-9-20(10-8-13,19(29)30-3)26-18(28)17-12-25-27(14(17)2)16-6-4-5-15(11-16)21(22,23)24/h4-6,11-13H,7-10H2,1-3H3,(H,26,28). The molecule has 3 rings (SSSR count). The maximum absolute atomic E-state index is 13.0. The van der Waals surface area contributed by atoms with Crippen molar-refractivity contribution in [3.8, 4) is 5.69 Å². The monoisotopic (exact) mass is 423 g/mol. The number of benzene rings is 1. The number of nitrogens with zero attached hydrogens (tertiary/aromatic N) is 2. The number of carbonyl (C=O) groups is 2. The summed E-state index contributed by atoms with van der Waals surface area (Å²) >= 11 is 0. The molecule has 0 radical (unpaired) electrons. The van der Waals surface area contributed by atoms with Crippen LogP contribution in [-0.2, 0) is 15.7 Å². The Hall–Kier alpha value is -2.84. The van der Waals surface area contributed by atoms with E-state index in [-0.39, 0.29) is 11.3 Å². The van der Waals surface area contributed by atoms with Crippen LogP contribution in [0, 0.1) is 12.8 Å². The minimum atomic E-state index is -4.48. The summed E-state index contributed by atoms with van der Waals surface area (Å²) in [4.78, 5) is 25.4. The molecule has 0 atom stereocenters. The molecule has 0 spiro atoms. The molecule has 0 unspecified atom stereocenters. The largest absolute Gasteiger partial charge is 0.467 e. The van der Waals surface area contributed by atoms with Gasteiger partial charge in [0.25, 0.3) is 5.91 Å². The highest BCUT2D eigenvalue weighted by atomic mass is 19.4. The average molecular weight is 423 g/mol. The molecular weight excluding hydrogens is 399 g/mol. The number of halogens is 3. The molecule has 0 saturated heterocycles. The molecule has 1 amide bonds. The van der Waals surface area contributed by atoms with Crippen molar-refractivity contribution >= 4 is 11.9 Å². The number of hydrogen-bond acceptors (Lipinski definition) is 4. The van der Waals surface area contributed by atoms with Crippen molar-refractivity contribution in [1.82, 2.24) is 15.1 Å². The summed E-state index contributed by atoms with van der Waals surface area (Å²) < 4.78 is 45.3. The predicted octanol–water partition coefficient (Wildman–Crippen LogP) is 4.05. The van der Waals surface area contributed by atoms with Crippen molar-refractivity contribution in [1.29, 1.82) is 0 Å². The highest BCUT2D eigenvalue weighted by Gasteiger charge is 2.44. The normalized spacial score (nSPS) is 21.9. The Balaban J connectivity index is 1.88. The van der Waals surface area contributed by atoms with E-state index in [4.69, 9.17) is 4.74 Å². The number of aromatic nitrogens is 2. The van der Waals surface area contributed by atoms with Gasteiger partial charge in [-0.3, -0.25) is 4.79 Å². The fraction of sp³-hybridized carbons (Fsp3) is 0.476. The third kappa shape index (κ3) is 4.20. The van der Waals surface area contributed by atoms with E-state index in [1.807, 2.05) is 0 Å². The van der Waals surface area contributed by atoms with Crippen molar-refractivity contribution < 1.29 is 27.5 Å². The molecule has 1 aromatic carbocycles. The number of hydrogen-bond donors (Lipinski definition) is 1. The predicted molar refractivity (Wildman–Crippen MR) is 103 cm³/mol. The number of nitrogens with one attached hydrogen (secondary N) is 1. The lowest BCUT2D eigenvalue weighted by Gasteiger charge is -2.37. The van der Waals surface area contributed by atoms with Crippen molar-refractivity contribution in [2.24, 2.45) is 5.92 Å². The van der Waals surface area contributed by atoms with Gasteiger partial charge in [-0.1, -0.05) is 13.0 Å². The van der Waals surface area contributed by atoms with Crippen molar-refractivity contribution in [3.05, 3.63) is 47.3 Å². The Morgan fingerprint density at radius 1 is 1.27 bits per heavy atom. The Bertz CT molecular complexity index is 944. The van der Waals surface area contributed by atoms with Crippen LogP contribution in [-0.4, -0.2) is 34.3 Å². The van der Waals surface area contributed by atoms with Crippen LogP contribution in [0.25, 0.3) is 5.69 Å². The van der Waals surface area contributed by atoms with Crippen LogP contribution >= 0.6 is 0 Å². The summed E-state index contributed by atoms with van der Waals surface area (Å²) in [5.41, 5.74) is -1.16. The van der Waals surface area contributed by atoms with Crippen LogP contribution in [0.15, 0.2) is 30.5 Å². The zero-order valence-corrected chi connectivity index (χ0v) is 17.0. The Labute approximate surface area is 172 Å². The van der Waals surface area contributed by atoms with E-state index in [9.17, 15) is 22.8 Å². The van der Waals surface area contributed by atoms with E-state index in [1.54, 1.807) is 6.92 Å². The first-order valence-electron chi connectivity index (χ1n) is 9.70. The van der Waals surface area contributed by atoms with E-state index in [0.717, 1.165) is 25.0 Å². The van der Waals surface area contributed by atoms with E-state index >= 15 is 0 Å². The molecule has 1 N–H and O–H groups in total. The molecule has 1 aromatic heterocycles. The lowest BCUT2D eigenvalue weighted by molar-refractivity contribution is -0.150. The maximum Gasteiger partial charge on any atom is 0.416 e. The first-order valence-corrected chi connectivity index (χ1v) is 9.70. The second-order valence-electron chi connectivity index (χ2n) is 7.81. The molecule has 2 aromatic rings. The number of ether oxygens (including phenoxy) is 1. The second kappa shape index (κ2) is 8.12. The van der Waals surface area contributed by atoms with E-state index < -0.39 is 29.2 Å². The summed E-state index contributed by atoms with van der Waals surface area (Å²) in [6.07, 6.45) is -0.708. The number of rotatable bonds is 4. The van der Waals surface area contributed by atoms with Crippen molar-refractivity contribution in [2.75, 3.05) is 7.11 Å². The van der Waals surface area contributed by atoms with Crippen LogP contribution in [0.1, 0.15) is 54.2 Å². The van der Waals surface area contributed by atoms with Gasteiger partial charge in [-0.2, -0.15) is 18.3 Å². The fourth-order valence-electron chi connectivity index (χ4n) is 3.82. The van der Waals surface area contributed by atoms with E-state index in [0.29, 0.717) is 24.5 Å². The zero-order chi connectivity index (χ0) is 22.1. The van der Waals surface area contributed by atoms with Gasteiger partial charge in [0.2, 0.25) is 0 Å². The molecule has 6 nitrogen and oxygen atoms in total. The molecule has 9 heteroatoms. The van der Waals surface area contributed by atoms with Gasteiger partial charge in [-0.15, -0.1) is 0 Å². The van der Waals surface area contributed by atoms with Crippen LogP contribution in [0.5, 0.6) is 0 Å². The Morgan fingerprint density at radius 2 is 1.93 bits per heavy atom. The fourth-order valence-corrected chi connectivity index (χ4v) is 3.82. The van der Waals surface area contributed by atoms with Crippen LogP contribution < -0.4 is 5.32 Å². The number of methoxy groups -OCH3 is 1. The molecule has 1 saturated carbocycles. The highest BCUT2D eigenvalue weighted by molar-refractivity contribution is 5.99. The SMILES string of the molecule is COC(=O)C1(NC(=O)c2cnn(-c3cccc(C(F)(F)F)c3)c2C)CCC(C)CC1. The number of esters is 1. The Morgan fingerprint density at radius 3 is 2.53 bits per heavy atom. The third-order valence-corrected chi connectivity index (χ3v) is 5.73. The molecule has 1 aliphatic rings. The van der Waals surface area contributed by atoms with Gasteiger partial charge in [-0.05, 0) is 56.7 Å². The smallest absolute Gasteiger partial charge is 0.416 e. The van der Waals surface area contributed by atoms with Crippen molar-refractivity contribution in [2.45, 2.75) is 51.2 Å². The maximum atomic E-state index is 13.0. The first kappa shape index (κ1) is 21.9. The molecule has 162 valence electrons. The summed E-state index contributed by atoms with van der Waals surface area (Å²) in [6, 6.07) is 4.71. The first-order chi connectivity index (χ1) is 14.1. The number of amides is 1. The summed E-state index contributed by atoms with van der Waals surface area (Å²) in [7, 11) is 1.28. The number of alkyl halides is 3. The minimum absolute atomic E-state index is 0.189. The lowest BCUT2D eigenvalue weighted by Crippen LogP contribution is -2.56. The highest BCUT2D eigenvalue weighted by Crippen LogP contribution is 2.34. The molecule has 0 aliphatic heterocycles. The summed E-state index contributed by atoms with van der Waals surface area (Å²) in [6.45, 7) is 3.68. The van der Waals surface area contributed by atoms with Gasteiger partial charge in [0.15, 0.2) is 0 Å². The van der Waals surface area contributed by atoms with Gasteiger partial charge in [-0.25, -0.2) is 9.48 Å². The second-order valence-corrected chi connectivity index (χ2v) is 7.81. The minimum Gasteiger partial charge on any atom is -0.467 e. The number of carbonyl (C=O) groups excluding carboxylic acids is 2. The van der Waals surface area contributed by atoms with Crippen LogP contribution in [0.2, 0.25) is 0 Å². The van der Waals surface area contributed by atoms with E-state index in [1.165, 1.54) is 30.1 Å². The molecule has 1 aliphatic carbocycles. The molecule has 0 bridgehead atoms. The summed E-state index contributed by atoms with van der Waals surface area (Å²) in [5.74, 6) is -0.554. The van der Waals surface area contributed by atoms with Gasteiger partial charge in [0.05, 0.1) is 35.8 Å². The molecule has 30 heavy (non-hydrogen) atoms. The third-order valence-electron chi connectivity index (χ3n) is 5.73. The Kier molecular flexibility index (Phi) is 5.92. The molecular formula is C21H24F3N3O3. The average Bonchev–Trinajstić information content (AvgIpc) is 3.10. The van der Waals surface area contributed by atoms with Gasteiger partial charge in [0, 0.05) is 0 Å². The quantitative estimate of drug-likeness (QED) is 0.753. The van der Waals surface area contributed by atoms with Gasteiger partial charge >= 0.3 is 12.1 Å².